The van der Waals surface area contributed by atoms with E-state index in [1.807, 2.05) is 11.3 Å². The van der Waals surface area contributed by atoms with Gasteiger partial charge in [-0.1, -0.05) is 0 Å². The molecule has 2 aromatic rings. The molecule has 0 saturated carbocycles. The van der Waals surface area contributed by atoms with Crippen LogP contribution in [0.15, 0.2) is 0 Å². The molecule has 2 aliphatic rings. The van der Waals surface area contributed by atoms with Crippen LogP contribution in [0.1, 0.15) is 49.9 Å². The summed E-state index contributed by atoms with van der Waals surface area (Å²) in [5.41, 5.74) is 7.60. The number of fused-ring (bicyclic) bond motifs is 3. The molecular weight excluding hydrogens is 320 g/mol. The number of aryl methyl sites for hydroxylation is 2. The predicted octanol–water partition coefficient (Wildman–Crippen LogP) is 3.15. The van der Waals surface area contributed by atoms with E-state index >= 15 is 0 Å². The van der Waals surface area contributed by atoms with E-state index in [2.05, 4.69) is 30.7 Å². The monoisotopic (exact) mass is 346 g/mol. The van der Waals surface area contributed by atoms with Gasteiger partial charge < -0.3 is 10.5 Å². The van der Waals surface area contributed by atoms with Crippen LogP contribution in [0.3, 0.4) is 0 Å². The Balaban J connectivity index is 1.63. The molecule has 5 nitrogen and oxygen atoms in total. The molecule has 6 heteroatoms. The number of rotatable bonds is 2. The van der Waals surface area contributed by atoms with Crippen molar-refractivity contribution in [3.63, 3.8) is 0 Å². The molecule has 2 aromatic heterocycles. The highest BCUT2D eigenvalue weighted by Gasteiger charge is 2.31. The Bertz CT molecular complexity index is 770. The van der Waals surface area contributed by atoms with Crippen LogP contribution in [0.2, 0.25) is 0 Å². The van der Waals surface area contributed by atoms with Crippen LogP contribution in [0.25, 0.3) is 10.2 Å². The summed E-state index contributed by atoms with van der Waals surface area (Å²) in [7, 11) is 0. The van der Waals surface area contributed by atoms with Crippen molar-refractivity contribution in [3.8, 4) is 0 Å². The van der Waals surface area contributed by atoms with Gasteiger partial charge in [0.25, 0.3) is 0 Å². The molecule has 4 rings (SSSR count). The van der Waals surface area contributed by atoms with E-state index in [1.54, 1.807) is 0 Å². The number of nitrogen functional groups attached to an aromatic ring is 1. The molecule has 1 aliphatic carbocycles. The SMILES string of the molecule is CC1CN(Cc2nc(N)c3c4c(sc3n2)CCCC4)CC(C)(C)O1. The maximum Gasteiger partial charge on any atom is 0.146 e. The predicted molar refractivity (Wildman–Crippen MR) is 98.4 cm³/mol. The van der Waals surface area contributed by atoms with Crippen molar-refractivity contribution in [2.75, 3.05) is 18.8 Å². The van der Waals surface area contributed by atoms with Gasteiger partial charge in [-0.25, -0.2) is 9.97 Å². The third-order valence-electron chi connectivity index (χ3n) is 4.89. The highest BCUT2D eigenvalue weighted by molar-refractivity contribution is 7.19. The van der Waals surface area contributed by atoms with Crippen molar-refractivity contribution in [1.82, 2.24) is 14.9 Å². The van der Waals surface area contributed by atoms with Crippen molar-refractivity contribution >= 4 is 27.4 Å². The Hall–Kier alpha value is -1.24. The summed E-state index contributed by atoms with van der Waals surface area (Å²) in [6.45, 7) is 8.94. The van der Waals surface area contributed by atoms with Crippen LogP contribution in [0.4, 0.5) is 5.82 Å². The summed E-state index contributed by atoms with van der Waals surface area (Å²) in [5, 5.41) is 1.12. The fourth-order valence-electron chi connectivity index (χ4n) is 4.21. The van der Waals surface area contributed by atoms with E-state index in [1.165, 1.54) is 29.7 Å². The molecule has 0 radical (unpaired) electrons. The maximum absolute atomic E-state index is 6.32. The Labute approximate surface area is 147 Å². The summed E-state index contributed by atoms with van der Waals surface area (Å²) in [5.74, 6) is 1.50. The van der Waals surface area contributed by atoms with Crippen LogP contribution in [0, 0.1) is 0 Å². The van der Waals surface area contributed by atoms with E-state index in [9.17, 15) is 0 Å². The van der Waals surface area contributed by atoms with Crippen LogP contribution in [0.5, 0.6) is 0 Å². The molecule has 0 amide bonds. The summed E-state index contributed by atoms with van der Waals surface area (Å²) in [6, 6.07) is 0. The highest BCUT2D eigenvalue weighted by atomic mass is 32.1. The number of ether oxygens (including phenoxy) is 1. The molecule has 0 bridgehead atoms. The molecule has 1 saturated heterocycles. The minimum atomic E-state index is -0.130. The number of thiophene rings is 1. The van der Waals surface area contributed by atoms with Crippen LogP contribution >= 0.6 is 11.3 Å². The first-order valence-electron chi connectivity index (χ1n) is 8.88. The summed E-state index contributed by atoms with van der Waals surface area (Å²) < 4.78 is 5.99. The second kappa shape index (κ2) is 5.93. The number of nitrogens with two attached hydrogens (primary N) is 1. The van der Waals surface area contributed by atoms with Crippen LogP contribution < -0.4 is 5.73 Å². The third kappa shape index (κ3) is 3.03. The average molecular weight is 347 g/mol. The van der Waals surface area contributed by atoms with E-state index in [0.29, 0.717) is 5.82 Å². The Morgan fingerprint density at radius 2 is 2.08 bits per heavy atom. The van der Waals surface area contributed by atoms with Crippen molar-refractivity contribution in [3.05, 3.63) is 16.3 Å². The molecule has 1 aliphatic heterocycles. The van der Waals surface area contributed by atoms with E-state index in [0.717, 1.165) is 42.1 Å². The topological polar surface area (TPSA) is 64.3 Å². The largest absolute Gasteiger partial charge is 0.383 e. The lowest BCUT2D eigenvalue weighted by atomic mass is 9.97. The fraction of sp³-hybridized carbons (Fsp3) is 0.667. The number of hydrogen-bond acceptors (Lipinski definition) is 6. The zero-order chi connectivity index (χ0) is 16.9. The van der Waals surface area contributed by atoms with E-state index in [4.69, 9.17) is 15.5 Å². The number of anilines is 1. The zero-order valence-electron chi connectivity index (χ0n) is 14.8. The lowest BCUT2D eigenvalue weighted by Crippen LogP contribution is -2.51. The maximum atomic E-state index is 6.32. The quantitative estimate of drug-likeness (QED) is 0.905. The zero-order valence-corrected chi connectivity index (χ0v) is 15.6. The summed E-state index contributed by atoms with van der Waals surface area (Å²) in [4.78, 5) is 14.4. The molecule has 2 N–H and O–H groups in total. The van der Waals surface area contributed by atoms with Gasteiger partial charge in [0.05, 0.1) is 23.6 Å². The van der Waals surface area contributed by atoms with Gasteiger partial charge in [0.15, 0.2) is 0 Å². The van der Waals surface area contributed by atoms with Gasteiger partial charge in [0.2, 0.25) is 0 Å². The van der Waals surface area contributed by atoms with Crippen LogP contribution in [-0.2, 0) is 24.1 Å². The van der Waals surface area contributed by atoms with E-state index in [-0.39, 0.29) is 11.7 Å². The molecule has 0 aromatic carbocycles. The number of aromatic nitrogens is 2. The van der Waals surface area contributed by atoms with Gasteiger partial charge in [-0.05, 0) is 52.0 Å². The minimum Gasteiger partial charge on any atom is -0.383 e. The van der Waals surface area contributed by atoms with Gasteiger partial charge in [-0.3, -0.25) is 4.90 Å². The molecule has 1 fully saturated rings. The van der Waals surface area contributed by atoms with Gasteiger partial charge in [0.1, 0.15) is 16.5 Å². The highest BCUT2D eigenvalue weighted by Crippen LogP contribution is 2.37. The minimum absolute atomic E-state index is 0.130. The number of nitrogens with zero attached hydrogens (tertiary/aromatic N) is 3. The number of morpholine rings is 1. The number of hydrogen-bond donors (Lipinski definition) is 1. The second-order valence-electron chi connectivity index (χ2n) is 7.77. The Morgan fingerprint density at radius 3 is 2.88 bits per heavy atom. The lowest BCUT2D eigenvalue weighted by molar-refractivity contribution is -0.131. The molecule has 3 heterocycles. The molecule has 1 unspecified atom stereocenters. The van der Waals surface area contributed by atoms with Crippen molar-refractivity contribution in [2.45, 2.75) is 64.7 Å². The average Bonchev–Trinajstić information content (AvgIpc) is 2.83. The normalized spacial score (nSPS) is 24.2. The Morgan fingerprint density at radius 1 is 1.29 bits per heavy atom. The third-order valence-corrected chi connectivity index (χ3v) is 6.08. The van der Waals surface area contributed by atoms with Crippen LogP contribution in [-0.4, -0.2) is 39.7 Å². The summed E-state index contributed by atoms with van der Waals surface area (Å²) >= 11 is 1.82. The van der Waals surface area contributed by atoms with Gasteiger partial charge in [-0.15, -0.1) is 11.3 Å². The Kier molecular flexibility index (Phi) is 4.01. The standard InChI is InChI=1S/C18H26N4OS/c1-11-8-22(10-18(2,3)23-11)9-14-20-16(19)15-12-6-4-5-7-13(12)24-17(15)21-14/h11H,4-10H2,1-3H3,(H2,19,20,21). The first-order chi connectivity index (χ1) is 11.4. The second-order valence-corrected chi connectivity index (χ2v) is 8.86. The summed E-state index contributed by atoms with van der Waals surface area (Å²) in [6.07, 6.45) is 5.04. The first kappa shape index (κ1) is 16.2. The van der Waals surface area contributed by atoms with E-state index < -0.39 is 0 Å². The fourth-order valence-corrected chi connectivity index (χ4v) is 5.50. The molecule has 1 atom stereocenters. The molecular formula is C18H26N4OS. The molecule has 130 valence electrons. The van der Waals surface area contributed by atoms with Gasteiger partial charge in [-0.2, -0.15) is 0 Å². The van der Waals surface area contributed by atoms with Gasteiger partial charge in [0, 0.05) is 18.0 Å². The molecule has 0 spiro atoms. The molecule has 24 heavy (non-hydrogen) atoms. The van der Waals surface area contributed by atoms with Gasteiger partial charge >= 0.3 is 0 Å². The van der Waals surface area contributed by atoms with Crippen molar-refractivity contribution < 1.29 is 4.74 Å². The smallest absolute Gasteiger partial charge is 0.146 e. The van der Waals surface area contributed by atoms with Crippen molar-refractivity contribution in [1.29, 1.82) is 0 Å². The van der Waals surface area contributed by atoms with Crippen molar-refractivity contribution in [2.24, 2.45) is 0 Å². The first-order valence-corrected chi connectivity index (χ1v) is 9.70. The lowest BCUT2D eigenvalue weighted by Gasteiger charge is -2.41.